The number of nitrogens with zero attached hydrogens (tertiary/aromatic N) is 4. The van der Waals surface area contributed by atoms with E-state index in [1.54, 1.807) is 0 Å². The van der Waals surface area contributed by atoms with Gasteiger partial charge in [-0.25, -0.2) is 4.98 Å². The van der Waals surface area contributed by atoms with E-state index in [1.165, 1.54) is 34.5 Å². The normalized spacial score (nSPS) is 25.0. The van der Waals surface area contributed by atoms with Crippen LogP contribution in [0.1, 0.15) is 42.1 Å². The van der Waals surface area contributed by atoms with Crippen molar-refractivity contribution in [1.29, 1.82) is 0 Å². The minimum atomic E-state index is 0.395. The van der Waals surface area contributed by atoms with E-state index in [0.717, 1.165) is 6.42 Å². The van der Waals surface area contributed by atoms with Gasteiger partial charge in [-0.05, 0) is 35.8 Å². The Labute approximate surface area is 135 Å². The highest BCUT2D eigenvalue weighted by molar-refractivity contribution is 5.69. The first-order valence-electron chi connectivity index (χ1n) is 8.37. The molecule has 3 atom stereocenters. The monoisotopic (exact) mass is 304 g/mol. The van der Waals surface area contributed by atoms with E-state index >= 15 is 0 Å². The molecule has 4 heteroatoms. The van der Waals surface area contributed by atoms with Gasteiger partial charge >= 0.3 is 0 Å². The Bertz CT molecular complexity index is 888. The largest absolute Gasteiger partial charge is 0.323 e. The Balaban J connectivity index is 1.63. The van der Waals surface area contributed by atoms with Gasteiger partial charge in [-0.2, -0.15) is 5.10 Å². The molecule has 116 valence electrons. The molecule has 3 aromatic rings. The summed E-state index contributed by atoms with van der Waals surface area (Å²) >= 11 is 0. The molecular formula is C19H20N4. The Morgan fingerprint density at radius 1 is 1.17 bits per heavy atom. The molecule has 5 rings (SSSR count). The summed E-state index contributed by atoms with van der Waals surface area (Å²) in [6.45, 7) is 2.36. The molecule has 2 aromatic heterocycles. The number of rotatable bonds is 1. The van der Waals surface area contributed by atoms with Gasteiger partial charge in [0.2, 0.25) is 0 Å². The van der Waals surface area contributed by atoms with E-state index < -0.39 is 0 Å². The van der Waals surface area contributed by atoms with Crippen LogP contribution in [0.25, 0.3) is 11.3 Å². The third-order valence-corrected chi connectivity index (χ3v) is 5.71. The maximum Gasteiger partial charge on any atom is 0.0956 e. The van der Waals surface area contributed by atoms with Crippen LogP contribution in [0.15, 0.2) is 43.0 Å². The Morgan fingerprint density at radius 3 is 2.96 bits per heavy atom. The standard InChI is InChI=1S/C19H20N4/c1-12-13(7-8-17-16(12)10-22(2)21-17)19-15-6-4-3-5-14(15)18-9-20-11-23(18)19/h3-6,9-13,19H,7-8H2,1-2H3/t12-,13+,19+/m0/s1. The van der Waals surface area contributed by atoms with Crippen molar-refractivity contribution in [3.63, 3.8) is 0 Å². The summed E-state index contributed by atoms with van der Waals surface area (Å²) in [4.78, 5) is 4.41. The molecule has 1 aliphatic heterocycles. The number of hydrogen-bond donors (Lipinski definition) is 0. The summed E-state index contributed by atoms with van der Waals surface area (Å²) in [5.74, 6) is 1.10. The molecule has 0 unspecified atom stereocenters. The highest BCUT2D eigenvalue weighted by Crippen LogP contribution is 2.50. The molecule has 0 spiro atoms. The molecular weight excluding hydrogens is 284 g/mol. The van der Waals surface area contributed by atoms with Crippen LogP contribution >= 0.6 is 0 Å². The summed E-state index contributed by atoms with van der Waals surface area (Å²) in [5.41, 5.74) is 6.77. The highest BCUT2D eigenvalue weighted by atomic mass is 15.3. The Morgan fingerprint density at radius 2 is 2.04 bits per heavy atom. The van der Waals surface area contributed by atoms with Crippen molar-refractivity contribution in [1.82, 2.24) is 19.3 Å². The van der Waals surface area contributed by atoms with Crippen molar-refractivity contribution in [2.45, 2.75) is 31.7 Å². The van der Waals surface area contributed by atoms with E-state index in [4.69, 9.17) is 0 Å². The molecule has 0 saturated carbocycles. The van der Waals surface area contributed by atoms with Gasteiger partial charge in [-0.3, -0.25) is 4.68 Å². The van der Waals surface area contributed by atoms with Gasteiger partial charge in [0.05, 0.1) is 30.0 Å². The second kappa shape index (κ2) is 4.57. The van der Waals surface area contributed by atoms with E-state index in [0.29, 0.717) is 17.9 Å². The topological polar surface area (TPSA) is 35.6 Å². The molecule has 1 aromatic carbocycles. The van der Waals surface area contributed by atoms with Gasteiger partial charge in [0, 0.05) is 18.8 Å². The van der Waals surface area contributed by atoms with Crippen LogP contribution in [0.5, 0.6) is 0 Å². The summed E-state index contributed by atoms with van der Waals surface area (Å²) in [6, 6.07) is 9.20. The first-order chi connectivity index (χ1) is 11.2. The van der Waals surface area contributed by atoms with Crippen LogP contribution in [-0.4, -0.2) is 19.3 Å². The Kier molecular flexibility index (Phi) is 2.61. The van der Waals surface area contributed by atoms with Crippen LogP contribution in [0.4, 0.5) is 0 Å². The lowest BCUT2D eigenvalue weighted by Crippen LogP contribution is -2.26. The molecule has 2 aliphatic rings. The van der Waals surface area contributed by atoms with E-state index in [2.05, 4.69) is 52.0 Å². The highest BCUT2D eigenvalue weighted by Gasteiger charge is 2.40. The van der Waals surface area contributed by atoms with Gasteiger partial charge in [0.15, 0.2) is 0 Å². The molecule has 0 radical (unpaired) electrons. The number of aromatic nitrogens is 4. The lowest BCUT2D eigenvalue weighted by atomic mass is 9.73. The van der Waals surface area contributed by atoms with Crippen LogP contribution in [0, 0.1) is 5.92 Å². The molecule has 0 N–H and O–H groups in total. The third-order valence-electron chi connectivity index (χ3n) is 5.71. The molecule has 3 heterocycles. The molecule has 23 heavy (non-hydrogen) atoms. The average molecular weight is 304 g/mol. The Hall–Kier alpha value is -2.36. The van der Waals surface area contributed by atoms with Crippen molar-refractivity contribution in [2.24, 2.45) is 13.0 Å². The van der Waals surface area contributed by atoms with Crippen LogP contribution in [0.3, 0.4) is 0 Å². The molecule has 0 bridgehead atoms. The molecule has 0 saturated heterocycles. The second-order valence-electron chi connectivity index (χ2n) is 6.91. The zero-order chi connectivity index (χ0) is 15.6. The first kappa shape index (κ1) is 13.1. The predicted molar refractivity (Wildman–Crippen MR) is 89.2 cm³/mol. The minimum absolute atomic E-state index is 0.395. The summed E-state index contributed by atoms with van der Waals surface area (Å²) in [7, 11) is 2.03. The van der Waals surface area contributed by atoms with E-state index in [9.17, 15) is 0 Å². The van der Waals surface area contributed by atoms with Crippen molar-refractivity contribution in [3.8, 4) is 11.3 Å². The number of aryl methyl sites for hydroxylation is 2. The number of fused-ring (bicyclic) bond motifs is 4. The molecule has 0 fully saturated rings. The maximum atomic E-state index is 4.64. The summed E-state index contributed by atoms with van der Waals surface area (Å²) in [5, 5.41) is 4.64. The number of hydrogen-bond acceptors (Lipinski definition) is 2. The quantitative estimate of drug-likeness (QED) is 0.689. The minimum Gasteiger partial charge on any atom is -0.323 e. The predicted octanol–water partition coefficient (Wildman–Crippen LogP) is 3.55. The van der Waals surface area contributed by atoms with E-state index in [-0.39, 0.29) is 0 Å². The summed E-state index contributed by atoms with van der Waals surface area (Å²) in [6.07, 6.45) is 8.48. The van der Waals surface area contributed by atoms with Crippen LogP contribution in [-0.2, 0) is 13.5 Å². The van der Waals surface area contributed by atoms with E-state index in [1.807, 2.05) is 24.3 Å². The smallest absolute Gasteiger partial charge is 0.0956 e. The SMILES string of the molecule is C[C@@H]1c2cn(C)nc2CC[C@H]1[C@@H]1c2ccccc2-c2cncn21. The van der Waals surface area contributed by atoms with Crippen molar-refractivity contribution < 1.29 is 0 Å². The maximum absolute atomic E-state index is 4.64. The van der Waals surface area contributed by atoms with Crippen LogP contribution in [0.2, 0.25) is 0 Å². The zero-order valence-electron chi connectivity index (χ0n) is 13.5. The van der Waals surface area contributed by atoms with Gasteiger partial charge < -0.3 is 4.57 Å². The summed E-state index contributed by atoms with van der Waals surface area (Å²) < 4.78 is 4.35. The van der Waals surface area contributed by atoms with Crippen molar-refractivity contribution in [3.05, 3.63) is 59.8 Å². The number of imidazole rings is 1. The van der Waals surface area contributed by atoms with Crippen molar-refractivity contribution >= 4 is 0 Å². The first-order valence-corrected chi connectivity index (χ1v) is 8.37. The fourth-order valence-corrected chi connectivity index (χ4v) is 4.65. The lowest BCUT2D eigenvalue weighted by molar-refractivity contribution is 0.301. The molecule has 0 amide bonds. The van der Waals surface area contributed by atoms with Gasteiger partial charge in [-0.15, -0.1) is 0 Å². The second-order valence-corrected chi connectivity index (χ2v) is 6.91. The van der Waals surface area contributed by atoms with Crippen LogP contribution < -0.4 is 0 Å². The van der Waals surface area contributed by atoms with Gasteiger partial charge in [0.25, 0.3) is 0 Å². The fourth-order valence-electron chi connectivity index (χ4n) is 4.65. The fraction of sp³-hybridized carbons (Fsp3) is 0.368. The molecule has 4 nitrogen and oxygen atoms in total. The average Bonchev–Trinajstić information content (AvgIpc) is 3.22. The molecule has 1 aliphatic carbocycles. The van der Waals surface area contributed by atoms with Gasteiger partial charge in [0.1, 0.15) is 0 Å². The number of benzene rings is 1. The van der Waals surface area contributed by atoms with Gasteiger partial charge in [-0.1, -0.05) is 31.2 Å². The zero-order valence-corrected chi connectivity index (χ0v) is 13.5. The van der Waals surface area contributed by atoms with Crippen molar-refractivity contribution in [2.75, 3.05) is 0 Å². The lowest BCUT2D eigenvalue weighted by Gasteiger charge is -2.34. The third kappa shape index (κ3) is 1.72.